The number of carbonyl (C=O) groups is 2. The lowest BCUT2D eigenvalue weighted by Gasteiger charge is -2.32. The average molecular weight is 339 g/mol. The first kappa shape index (κ1) is 16.8. The highest BCUT2D eigenvalue weighted by Crippen LogP contribution is 2.29. The van der Waals surface area contributed by atoms with Gasteiger partial charge in [0.1, 0.15) is 12.3 Å². The molecule has 0 unspecified atom stereocenters. The summed E-state index contributed by atoms with van der Waals surface area (Å²) in [4.78, 5) is 34.1. The zero-order valence-corrected chi connectivity index (χ0v) is 13.4. The van der Waals surface area contributed by atoms with Gasteiger partial charge in [-0.1, -0.05) is 13.8 Å². The monoisotopic (exact) mass is 339 g/mol. The van der Waals surface area contributed by atoms with Gasteiger partial charge in [-0.25, -0.2) is 4.99 Å². The summed E-state index contributed by atoms with van der Waals surface area (Å²) >= 11 is 0. The molecule has 4 N–H and O–H groups in total. The fourth-order valence-corrected chi connectivity index (χ4v) is 2.79. The van der Waals surface area contributed by atoms with E-state index in [-0.39, 0.29) is 36.7 Å². The second kappa shape index (κ2) is 6.46. The minimum atomic E-state index is -0.797. The average Bonchev–Trinajstić information content (AvgIpc) is 3.10. The number of fused-ring (bicyclic) bond motifs is 1. The zero-order valence-electron chi connectivity index (χ0n) is 13.4. The molecule has 1 saturated heterocycles. The third kappa shape index (κ3) is 2.99. The third-order valence-electron chi connectivity index (χ3n) is 4.20. The lowest BCUT2D eigenvalue weighted by atomic mass is 10.1. The van der Waals surface area contributed by atoms with Crippen molar-refractivity contribution in [1.29, 1.82) is 0 Å². The smallest absolute Gasteiger partial charge is 0.255 e. The Kier molecular flexibility index (Phi) is 4.52. The van der Waals surface area contributed by atoms with Gasteiger partial charge >= 0.3 is 0 Å². The SMILES string of the molecule is CC(C)C(=O)NC1=N[C@H]2[C@H](N=CN2[C@@H]2C[C@H](O)[C@H](CO)O2)C(=O)N1. The van der Waals surface area contributed by atoms with Gasteiger partial charge in [-0.3, -0.25) is 25.2 Å². The molecule has 1 fully saturated rings. The minimum absolute atomic E-state index is 0.0766. The lowest BCUT2D eigenvalue weighted by molar-refractivity contribution is -0.123. The molecule has 0 spiro atoms. The normalized spacial score (nSPS) is 35.0. The first-order valence-corrected chi connectivity index (χ1v) is 7.85. The van der Waals surface area contributed by atoms with E-state index < -0.39 is 30.6 Å². The van der Waals surface area contributed by atoms with Crippen LogP contribution in [0.4, 0.5) is 0 Å². The number of aliphatic hydroxyl groups excluding tert-OH is 2. The number of hydrogen-bond donors (Lipinski definition) is 4. The molecule has 3 rings (SSSR count). The van der Waals surface area contributed by atoms with Gasteiger partial charge < -0.3 is 19.8 Å². The van der Waals surface area contributed by atoms with Crippen LogP contribution in [-0.2, 0) is 14.3 Å². The minimum Gasteiger partial charge on any atom is -0.394 e. The number of guanidine groups is 1. The van der Waals surface area contributed by atoms with Crippen LogP contribution in [0.25, 0.3) is 0 Å². The third-order valence-corrected chi connectivity index (χ3v) is 4.20. The summed E-state index contributed by atoms with van der Waals surface area (Å²) in [6.45, 7) is 3.17. The molecular weight excluding hydrogens is 318 g/mol. The number of hydrogen-bond acceptors (Lipinski definition) is 8. The number of aliphatic imine (C=N–C) groups is 2. The van der Waals surface area contributed by atoms with Crippen LogP contribution < -0.4 is 10.6 Å². The highest BCUT2D eigenvalue weighted by Gasteiger charge is 2.46. The van der Waals surface area contributed by atoms with Crippen molar-refractivity contribution in [1.82, 2.24) is 15.5 Å². The maximum absolute atomic E-state index is 12.2. The fraction of sp³-hybridized carbons (Fsp3) is 0.714. The van der Waals surface area contributed by atoms with Crippen molar-refractivity contribution in [2.45, 2.75) is 50.9 Å². The maximum atomic E-state index is 12.2. The Morgan fingerprint density at radius 1 is 1.58 bits per heavy atom. The van der Waals surface area contributed by atoms with E-state index in [4.69, 9.17) is 4.74 Å². The van der Waals surface area contributed by atoms with Crippen LogP contribution in [0.15, 0.2) is 9.98 Å². The number of amides is 2. The molecule has 3 heterocycles. The molecule has 0 aliphatic carbocycles. The molecule has 5 atom stereocenters. The Morgan fingerprint density at radius 2 is 2.33 bits per heavy atom. The van der Waals surface area contributed by atoms with Crippen molar-refractivity contribution in [3.8, 4) is 0 Å². The number of carbonyl (C=O) groups excluding carboxylic acids is 2. The number of aliphatic hydroxyl groups is 2. The van der Waals surface area contributed by atoms with E-state index >= 15 is 0 Å². The molecule has 132 valence electrons. The van der Waals surface area contributed by atoms with Gasteiger partial charge in [0.05, 0.1) is 19.0 Å². The van der Waals surface area contributed by atoms with Crippen molar-refractivity contribution < 1.29 is 24.5 Å². The Hall–Kier alpha value is -2.04. The van der Waals surface area contributed by atoms with Crippen molar-refractivity contribution in [3.05, 3.63) is 0 Å². The van der Waals surface area contributed by atoms with Gasteiger partial charge in [-0.2, -0.15) is 0 Å². The molecule has 10 nitrogen and oxygen atoms in total. The predicted molar refractivity (Wildman–Crippen MR) is 82.8 cm³/mol. The highest BCUT2D eigenvalue weighted by atomic mass is 16.5. The van der Waals surface area contributed by atoms with Crippen molar-refractivity contribution >= 4 is 24.1 Å². The lowest BCUT2D eigenvalue weighted by Crippen LogP contribution is -2.57. The van der Waals surface area contributed by atoms with Crippen LogP contribution in [0, 0.1) is 5.92 Å². The molecule has 0 aromatic rings. The molecule has 0 aromatic carbocycles. The fourth-order valence-electron chi connectivity index (χ4n) is 2.79. The highest BCUT2D eigenvalue weighted by molar-refractivity contribution is 6.08. The van der Waals surface area contributed by atoms with Gasteiger partial charge in [0, 0.05) is 12.3 Å². The van der Waals surface area contributed by atoms with Crippen molar-refractivity contribution in [2.75, 3.05) is 6.61 Å². The summed E-state index contributed by atoms with van der Waals surface area (Å²) in [5.41, 5.74) is 0. The van der Waals surface area contributed by atoms with Crippen molar-refractivity contribution in [2.24, 2.45) is 15.9 Å². The van der Waals surface area contributed by atoms with E-state index in [9.17, 15) is 19.8 Å². The molecular formula is C14H21N5O5. The van der Waals surface area contributed by atoms with E-state index in [1.807, 2.05) is 0 Å². The van der Waals surface area contributed by atoms with Crippen LogP contribution in [0.3, 0.4) is 0 Å². The molecule has 0 saturated carbocycles. The van der Waals surface area contributed by atoms with Gasteiger partial charge in [-0.05, 0) is 0 Å². The summed E-state index contributed by atoms with van der Waals surface area (Å²) in [6, 6.07) is -0.737. The van der Waals surface area contributed by atoms with E-state index in [1.54, 1.807) is 18.7 Å². The quantitative estimate of drug-likeness (QED) is 0.459. The predicted octanol–water partition coefficient (Wildman–Crippen LogP) is -2.25. The Balaban J connectivity index is 1.76. The Labute approximate surface area is 138 Å². The molecule has 2 amide bonds. The molecule has 10 heteroatoms. The number of rotatable bonds is 3. The molecule has 0 aromatic heterocycles. The number of nitrogens with zero attached hydrogens (tertiary/aromatic N) is 3. The van der Waals surface area contributed by atoms with Crippen LogP contribution in [0.5, 0.6) is 0 Å². The number of ether oxygens (including phenoxy) is 1. The summed E-state index contributed by atoms with van der Waals surface area (Å²) < 4.78 is 5.59. The van der Waals surface area contributed by atoms with E-state index in [0.717, 1.165) is 0 Å². The Morgan fingerprint density at radius 3 is 2.96 bits per heavy atom. The standard InChI is InChI=1S/C14H21N5O5/c1-6(2)12(22)17-14-16-11-10(13(23)18-14)15-5-19(11)9-3-7(21)8(4-20)24-9/h5-11,20-21H,3-4H2,1-2H3,(H2,16,17,18,22,23)/t7-,8-,9-,10-,11+/m0/s1. The van der Waals surface area contributed by atoms with Gasteiger partial charge in [0.2, 0.25) is 11.9 Å². The summed E-state index contributed by atoms with van der Waals surface area (Å²) in [6.07, 6.45) is -0.949. The topological polar surface area (TPSA) is 136 Å². The van der Waals surface area contributed by atoms with Crippen LogP contribution in [-0.4, -0.2) is 76.5 Å². The van der Waals surface area contributed by atoms with Crippen LogP contribution >= 0.6 is 0 Å². The van der Waals surface area contributed by atoms with Gasteiger partial charge in [0.25, 0.3) is 5.91 Å². The second-order valence-electron chi connectivity index (χ2n) is 6.30. The summed E-state index contributed by atoms with van der Waals surface area (Å²) in [7, 11) is 0. The second-order valence-corrected chi connectivity index (χ2v) is 6.30. The van der Waals surface area contributed by atoms with Gasteiger partial charge in [-0.15, -0.1) is 0 Å². The van der Waals surface area contributed by atoms with Crippen LogP contribution in [0.2, 0.25) is 0 Å². The van der Waals surface area contributed by atoms with Crippen molar-refractivity contribution in [3.63, 3.8) is 0 Å². The largest absolute Gasteiger partial charge is 0.394 e. The first-order chi connectivity index (χ1) is 11.4. The first-order valence-electron chi connectivity index (χ1n) is 7.85. The molecule has 3 aliphatic heterocycles. The zero-order chi connectivity index (χ0) is 17.4. The van der Waals surface area contributed by atoms with E-state index in [1.165, 1.54) is 6.34 Å². The van der Waals surface area contributed by atoms with E-state index in [0.29, 0.717) is 0 Å². The van der Waals surface area contributed by atoms with E-state index in [2.05, 4.69) is 20.6 Å². The maximum Gasteiger partial charge on any atom is 0.255 e. The Bertz CT molecular complexity index is 592. The molecule has 0 bridgehead atoms. The molecule has 3 aliphatic rings. The van der Waals surface area contributed by atoms with Gasteiger partial charge in [0.15, 0.2) is 12.2 Å². The molecule has 24 heavy (non-hydrogen) atoms. The summed E-state index contributed by atoms with van der Waals surface area (Å²) in [5, 5.41) is 24.1. The molecule has 0 radical (unpaired) electrons. The summed E-state index contributed by atoms with van der Waals surface area (Å²) in [5.74, 6) is -0.805. The van der Waals surface area contributed by atoms with Crippen LogP contribution in [0.1, 0.15) is 20.3 Å². The number of nitrogens with one attached hydrogen (secondary N) is 2.